The summed E-state index contributed by atoms with van der Waals surface area (Å²) < 4.78 is 23.3. The molecular formula is C31H51NO6Si. The first kappa shape index (κ1) is 32.9. The highest BCUT2D eigenvalue weighted by Crippen LogP contribution is 2.40. The van der Waals surface area contributed by atoms with Crippen molar-refractivity contribution < 1.29 is 28.2 Å². The molecule has 0 saturated carbocycles. The van der Waals surface area contributed by atoms with E-state index in [2.05, 4.69) is 46.0 Å². The van der Waals surface area contributed by atoms with Crippen LogP contribution in [0.4, 0.5) is 4.79 Å². The SMILES string of the molecule is COC(=O)C1=C(O[Si](C)(C)C(C)(C)C)C[C@@H](CCCCCCOCc2ccccc2)N(C(=O)OC(C)(C)C)C1. The molecule has 0 spiro atoms. The van der Waals surface area contributed by atoms with Crippen molar-refractivity contribution in [2.24, 2.45) is 0 Å². The quantitative estimate of drug-likeness (QED) is 0.148. The van der Waals surface area contributed by atoms with Gasteiger partial charge in [-0.1, -0.05) is 70.4 Å². The van der Waals surface area contributed by atoms with Crippen LogP contribution in [0.15, 0.2) is 41.7 Å². The van der Waals surface area contributed by atoms with E-state index >= 15 is 0 Å². The summed E-state index contributed by atoms with van der Waals surface area (Å²) in [5.74, 6) is 0.221. The van der Waals surface area contributed by atoms with Gasteiger partial charge in [0.1, 0.15) is 5.60 Å². The molecule has 0 aromatic heterocycles. The molecule has 220 valence electrons. The van der Waals surface area contributed by atoms with Crippen LogP contribution in [0.2, 0.25) is 18.1 Å². The number of esters is 1. The molecule has 1 aliphatic rings. The van der Waals surface area contributed by atoms with Crippen molar-refractivity contribution in [1.82, 2.24) is 4.90 Å². The second-order valence-electron chi connectivity index (χ2n) is 13.0. The van der Waals surface area contributed by atoms with Gasteiger partial charge in [0.15, 0.2) is 0 Å². The third-order valence-electron chi connectivity index (χ3n) is 7.46. The summed E-state index contributed by atoms with van der Waals surface area (Å²) in [6.45, 7) is 17.9. The van der Waals surface area contributed by atoms with Gasteiger partial charge in [-0.05, 0) is 57.3 Å². The van der Waals surface area contributed by atoms with Gasteiger partial charge in [-0.2, -0.15) is 0 Å². The number of methoxy groups -OCH3 is 1. The zero-order valence-corrected chi connectivity index (χ0v) is 26.7. The molecule has 1 aromatic carbocycles. The molecule has 39 heavy (non-hydrogen) atoms. The first-order valence-corrected chi connectivity index (χ1v) is 17.2. The predicted octanol–water partition coefficient (Wildman–Crippen LogP) is 7.61. The molecule has 0 unspecified atom stereocenters. The largest absolute Gasteiger partial charge is 0.546 e. The highest BCUT2D eigenvalue weighted by atomic mass is 28.4. The van der Waals surface area contributed by atoms with E-state index in [0.29, 0.717) is 24.4 Å². The summed E-state index contributed by atoms with van der Waals surface area (Å²) in [7, 11) is -0.838. The first-order valence-electron chi connectivity index (χ1n) is 14.3. The van der Waals surface area contributed by atoms with Gasteiger partial charge in [0.2, 0.25) is 8.32 Å². The molecule has 1 heterocycles. The Morgan fingerprint density at radius 2 is 1.62 bits per heavy atom. The van der Waals surface area contributed by atoms with Crippen LogP contribution < -0.4 is 0 Å². The second kappa shape index (κ2) is 14.4. The average Bonchev–Trinajstić information content (AvgIpc) is 2.83. The van der Waals surface area contributed by atoms with Gasteiger partial charge in [0.25, 0.3) is 0 Å². The number of nitrogens with zero attached hydrogens (tertiary/aromatic N) is 1. The summed E-state index contributed by atoms with van der Waals surface area (Å²) in [6, 6.07) is 10.1. The fourth-order valence-corrected chi connectivity index (χ4v) is 5.32. The first-order chi connectivity index (χ1) is 18.1. The van der Waals surface area contributed by atoms with Crippen molar-refractivity contribution in [2.75, 3.05) is 20.3 Å². The molecule has 0 N–H and O–H groups in total. The molecule has 0 bridgehead atoms. The molecule has 1 atom stereocenters. The number of rotatable bonds is 12. The Balaban J connectivity index is 2.06. The van der Waals surface area contributed by atoms with E-state index in [-0.39, 0.29) is 17.6 Å². The van der Waals surface area contributed by atoms with E-state index in [1.54, 1.807) is 4.90 Å². The van der Waals surface area contributed by atoms with Crippen molar-refractivity contribution in [3.8, 4) is 0 Å². The summed E-state index contributed by atoms with van der Waals surface area (Å²) in [5.41, 5.74) is 0.973. The average molecular weight is 562 g/mol. The third kappa shape index (κ3) is 10.6. The fraction of sp³-hybridized carbons (Fsp3) is 0.677. The maximum Gasteiger partial charge on any atom is 0.410 e. The number of ether oxygens (including phenoxy) is 3. The number of carbonyl (C=O) groups excluding carboxylic acids is 2. The monoisotopic (exact) mass is 561 g/mol. The molecule has 2 rings (SSSR count). The van der Waals surface area contributed by atoms with Crippen molar-refractivity contribution in [1.29, 1.82) is 0 Å². The molecule has 7 nitrogen and oxygen atoms in total. The minimum Gasteiger partial charge on any atom is -0.546 e. The zero-order valence-electron chi connectivity index (χ0n) is 25.7. The van der Waals surface area contributed by atoms with Crippen LogP contribution in [0.1, 0.15) is 85.6 Å². The highest BCUT2D eigenvalue weighted by molar-refractivity contribution is 6.74. The lowest BCUT2D eigenvalue weighted by atomic mass is 9.96. The van der Waals surface area contributed by atoms with Gasteiger partial charge in [0, 0.05) is 19.1 Å². The van der Waals surface area contributed by atoms with Gasteiger partial charge in [0.05, 0.1) is 31.6 Å². The lowest BCUT2D eigenvalue weighted by Gasteiger charge is -2.42. The Kier molecular flexibility index (Phi) is 12.1. The Morgan fingerprint density at radius 1 is 0.974 bits per heavy atom. The minimum absolute atomic E-state index is 0.0262. The smallest absolute Gasteiger partial charge is 0.410 e. The topological polar surface area (TPSA) is 74.3 Å². The number of benzene rings is 1. The Morgan fingerprint density at radius 3 is 2.21 bits per heavy atom. The fourth-order valence-electron chi connectivity index (χ4n) is 4.19. The second-order valence-corrected chi connectivity index (χ2v) is 17.7. The number of unbranched alkanes of at least 4 members (excludes halogenated alkanes) is 3. The van der Waals surface area contributed by atoms with Crippen LogP contribution in [0.3, 0.4) is 0 Å². The Hall–Kier alpha value is -2.32. The molecular weight excluding hydrogens is 510 g/mol. The molecule has 8 heteroatoms. The number of hydrogen-bond acceptors (Lipinski definition) is 6. The van der Waals surface area contributed by atoms with Crippen LogP contribution in [0, 0.1) is 0 Å². The standard InChI is InChI=1S/C31H51NO6Si/c1-30(2,3)37-29(34)32-22-26(28(33)35-7)27(38-39(8,9)31(4,5)6)21-25(32)19-15-10-11-16-20-36-23-24-17-13-12-14-18-24/h12-14,17-18,25H,10-11,15-16,19-23H2,1-9H3/t25-/m1/s1. The van der Waals surface area contributed by atoms with E-state index in [0.717, 1.165) is 38.7 Å². The molecule has 0 fully saturated rings. The van der Waals surface area contributed by atoms with Gasteiger partial charge >= 0.3 is 12.1 Å². The summed E-state index contributed by atoms with van der Waals surface area (Å²) in [5, 5.41) is -0.0262. The van der Waals surface area contributed by atoms with Crippen LogP contribution >= 0.6 is 0 Å². The predicted molar refractivity (Wildman–Crippen MR) is 158 cm³/mol. The van der Waals surface area contributed by atoms with Crippen LogP contribution in [-0.2, 0) is 30.0 Å². The Labute approximate surface area is 237 Å². The van der Waals surface area contributed by atoms with Gasteiger partial charge < -0.3 is 23.5 Å². The van der Waals surface area contributed by atoms with E-state index in [1.807, 2.05) is 39.0 Å². The van der Waals surface area contributed by atoms with Crippen LogP contribution in [0.5, 0.6) is 0 Å². The van der Waals surface area contributed by atoms with E-state index < -0.39 is 26.0 Å². The third-order valence-corrected chi connectivity index (χ3v) is 11.8. The maximum atomic E-state index is 13.2. The number of carbonyl (C=O) groups is 2. The lowest BCUT2D eigenvalue weighted by Crippen LogP contribution is -2.50. The van der Waals surface area contributed by atoms with E-state index in [1.165, 1.54) is 12.7 Å². The van der Waals surface area contributed by atoms with Crippen LogP contribution in [-0.4, -0.2) is 57.2 Å². The summed E-state index contributed by atoms with van der Waals surface area (Å²) in [6.07, 6.45) is 4.95. The molecule has 1 amide bonds. The van der Waals surface area contributed by atoms with Gasteiger partial charge in [-0.3, -0.25) is 0 Å². The van der Waals surface area contributed by atoms with E-state index in [9.17, 15) is 9.59 Å². The number of amides is 1. The molecule has 1 aromatic rings. The highest BCUT2D eigenvalue weighted by Gasteiger charge is 2.43. The van der Waals surface area contributed by atoms with Crippen LogP contribution in [0.25, 0.3) is 0 Å². The normalized spacial score (nSPS) is 16.7. The maximum absolute atomic E-state index is 13.2. The van der Waals surface area contributed by atoms with Crippen molar-refractivity contribution in [3.63, 3.8) is 0 Å². The number of hydrogen-bond donors (Lipinski definition) is 0. The molecule has 1 aliphatic heterocycles. The summed E-state index contributed by atoms with van der Waals surface area (Å²) >= 11 is 0. The van der Waals surface area contributed by atoms with Gasteiger partial charge in [-0.25, -0.2) is 9.59 Å². The van der Waals surface area contributed by atoms with Gasteiger partial charge in [-0.15, -0.1) is 0 Å². The molecule has 0 aliphatic carbocycles. The summed E-state index contributed by atoms with van der Waals surface area (Å²) in [4.78, 5) is 27.7. The van der Waals surface area contributed by atoms with E-state index in [4.69, 9.17) is 18.6 Å². The molecule has 0 radical (unpaired) electrons. The zero-order chi connectivity index (χ0) is 29.3. The lowest BCUT2D eigenvalue weighted by molar-refractivity contribution is -0.136. The molecule has 0 saturated heterocycles. The van der Waals surface area contributed by atoms with Crippen molar-refractivity contribution >= 4 is 20.4 Å². The Bertz CT molecular complexity index is 962. The minimum atomic E-state index is -2.21. The van der Waals surface area contributed by atoms with Crippen molar-refractivity contribution in [3.05, 3.63) is 47.2 Å². The van der Waals surface area contributed by atoms with Crippen molar-refractivity contribution in [2.45, 2.75) is 116 Å².